The molecule has 0 bridgehead atoms. The summed E-state index contributed by atoms with van der Waals surface area (Å²) in [6, 6.07) is 2.82. The van der Waals surface area contributed by atoms with Crippen molar-refractivity contribution >= 4 is 16.9 Å². The molecule has 0 aliphatic heterocycles. The fourth-order valence-electron chi connectivity index (χ4n) is 3.80. The lowest BCUT2D eigenvalue weighted by Gasteiger charge is -2.32. The van der Waals surface area contributed by atoms with Crippen LogP contribution in [0, 0.1) is 17.6 Å². The highest BCUT2D eigenvalue weighted by atomic mass is 19.2. The van der Waals surface area contributed by atoms with Crippen molar-refractivity contribution < 1.29 is 13.6 Å². The highest BCUT2D eigenvalue weighted by Crippen LogP contribution is 2.32. The van der Waals surface area contributed by atoms with E-state index in [2.05, 4.69) is 10.3 Å². The van der Waals surface area contributed by atoms with E-state index in [0.717, 1.165) is 51.0 Å². The van der Waals surface area contributed by atoms with Gasteiger partial charge in [0.2, 0.25) is 5.91 Å². The molecule has 2 saturated carbocycles. The van der Waals surface area contributed by atoms with Crippen LogP contribution in [-0.4, -0.2) is 21.5 Å². The lowest BCUT2D eigenvalue weighted by molar-refractivity contribution is -0.128. The van der Waals surface area contributed by atoms with E-state index in [-0.39, 0.29) is 23.9 Å². The Labute approximate surface area is 139 Å². The average molecular weight is 333 g/mol. The maximum absolute atomic E-state index is 13.5. The fraction of sp³-hybridized carbons (Fsp3) is 0.556. The molecule has 6 heteroatoms. The highest BCUT2D eigenvalue weighted by molar-refractivity contribution is 5.79. The standard InChI is InChI=1S/C18H21F2N3O/c19-14-8-16-17(9-15(14)20)23(10-21-16)13-6-4-12(5-7-13)22-18(24)11-2-1-3-11/h8-13H,1-7H2,(H,22,24). The van der Waals surface area contributed by atoms with Gasteiger partial charge in [-0.3, -0.25) is 4.79 Å². The molecule has 4 nitrogen and oxygen atoms in total. The number of fused-ring (bicyclic) bond motifs is 1. The molecule has 2 fully saturated rings. The molecule has 1 aromatic carbocycles. The van der Waals surface area contributed by atoms with Gasteiger partial charge in [-0.25, -0.2) is 13.8 Å². The first-order chi connectivity index (χ1) is 11.6. The van der Waals surface area contributed by atoms with Gasteiger partial charge < -0.3 is 9.88 Å². The maximum atomic E-state index is 13.5. The Morgan fingerprint density at radius 1 is 1.08 bits per heavy atom. The van der Waals surface area contributed by atoms with Gasteiger partial charge in [-0.2, -0.15) is 0 Å². The third-order valence-electron chi connectivity index (χ3n) is 5.53. The zero-order chi connectivity index (χ0) is 16.7. The molecule has 1 amide bonds. The third-order valence-corrected chi connectivity index (χ3v) is 5.53. The lowest BCUT2D eigenvalue weighted by atomic mass is 9.84. The molecular formula is C18H21F2N3O. The molecule has 2 aliphatic rings. The summed E-state index contributed by atoms with van der Waals surface area (Å²) < 4.78 is 28.8. The van der Waals surface area contributed by atoms with Crippen molar-refractivity contribution in [1.82, 2.24) is 14.9 Å². The van der Waals surface area contributed by atoms with Crippen LogP contribution in [0.15, 0.2) is 18.5 Å². The smallest absolute Gasteiger partial charge is 0.223 e. The third kappa shape index (κ3) is 2.78. The molecule has 4 rings (SSSR count). The van der Waals surface area contributed by atoms with Crippen molar-refractivity contribution in [3.8, 4) is 0 Å². The van der Waals surface area contributed by atoms with E-state index >= 15 is 0 Å². The normalized spacial score (nSPS) is 24.8. The van der Waals surface area contributed by atoms with Crippen LogP contribution in [0.3, 0.4) is 0 Å². The second-order valence-electron chi connectivity index (χ2n) is 7.05. The van der Waals surface area contributed by atoms with Crippen molar-refractivity contribution in [3.05, 3.63) is 30.1 Å². The number of halogens is 2. The summed E-state index contributed by atoms with van der Waals surface area (Å²) in [6.07, 6.45) is 8.49. The highest BCUT2D eigenvalue weighted by Gasteiger charge is 2.29. The van der Waals surface area contributed by atoms with Gasteiger partial charge in [0.25, 0.3) is 0 Å². The molecule has 0 saturated heterocycles. The van der Waals surface area contributed by atoms with Crippen molar-refractivity contribution in [2.24, 2.45) is 5.92 Å². The molecule has 1 heterocycles. The van der Waals surface area contributed by atoms with E-state index in [1.807, 2.05) is 4.57 Å². The quantitative estimate of drug-likeness (QED) is 0.931. The van der Waals surface area contributed by atoms with Gasteiger partial charge in [-0.1, -0.05) is 6.42 Å². The molecule has 0 unspecified atom stereocenters. The average Bonchev–Trinajstić information content (AvgIpc) is 2.89. The Bertz CT molecular complexity index is 761. The first kappa shape index (κ1) is 15.5. The monoisotopic (exact) mass is 333 g/mol. The van der Waals surface area contributed by atoms with Gasteiger partial charge >= 0.3 is 0 Å². The SMILES string of the molecule is O=C(NC1CCC(n2cnc3cc(F)c(F)cc32)CC1)C1CCC1. The van der Waals surface area contributed by atoms with Crippen molar-refractivity contribution in [2.45, 2.75) is 57.0 Å². The summed E-state index contributed by atoms with van der Waals surface area (Å²) in [6.45, 7) is 0. The van der Waals surface area contributed by atoms with Crippen LogP contribution in [0.2, 0.25) is 0 Å². The second-order valence-corrected chi connectivity index (χ2v) is 7.05. The van der Waals surface area contributed by atoms with E-state index in [9.17, 15) is 13.6 Å². The fourth-order valence-corrected chi connectivity index (χ4v) is 3.80. The van der Waals surface area contributed by atoms with Gasteiger partial charge in [0.05, 0.1) is 17.4 Å². The zero-order valence-corrected chi connectivity index (χ0v) is 13.5. The van der Waals surface area contributed by atoms with Gasteiger partial charge in [-0.05, 0) is 38.5 Å². The minimum absolute atomic E-state index is 0.204. The number of aromatic nitrogens is 2. The Morgan fingerprint density at radius 3 is 2.46 bits per heavy atom. The number of hydrogen-bond acceptors (Lipinski definition) is 2. The Hall–Kier alpha value is -1.98. The molecule has 24 heavy (non-hydrogen) atoms. The zero-order valence-electron chi connectivity index (χ0n) is 13.5. The Balaban J connectivity index is 1.42. The van der Waals surface area contributed by atoms with Crippen LogP contribution in [0.4, 0.5) is 8.78 Å². The first-order valence-corrected chi connectivity index (χ1v) is 8.74. The molecule has 1 N–H and O–H groups in total. The molecule has 2 aromatic rings. The predicted molar refractivity (Wildman–Crippen MR) is 86.4 cm³/mol. The van der Waals surface area contributed by atoms with Crippen molar-refractivity contribution in [1.29, 1.82) is 0 Å². The maximum Gasteiger partial charge on any atom is 0.223 e. The number of carbonyl (C=O) groups excluding carboxylic acids is 1. The van der Waals surface area contributed by atoms with Gasteiger partial charge in [0, 0.05) is 30.1 Å². The molecule has 128 valence electrons. The van der Waals surface area contributed by atoms with Crippen LogP contribution in [0.1, 0.15) is 51.0 Å². The molecule has 1 aromatic heterocycles. The van der Waals surface area contributed by atoms with E-state index in [1.54, 1.807) is 6.33 Å². The van der Waals surface area contributed by atoms with Crippen molar-refractivity contribution in [3.63, 3.8) is 0 Å². The minimum atomic E-state index is -0.866. The molecule has 0 radical (unpaired) electrons. The number of carbonyl (C=O) groups is 1. The first-order valence-electron chi connectivity index (χ1n) is 8.74. The number of nitrogens with zero attached hydrogens (tertiary/aromatic N) is 2. The van der Waals surface area contributed by atoms with Crippen LogP contribution in [-0.2, 0) is 4.79 Å². The number of amides is 1. The number of rotatable bonds is 3. The molecule has 0 spiro atoms. The van der Waals surface area contributed by atoms with Gasteiger partial charge in [-0.15, -0.1) is 0 Å². The Morgan fingerprint density at radius 2 is 1.79 bits per heavy atom. The summed E-state index contributed by atoms with van der Waals surface area (Å²) in [5, 5.41) is 3.17. The van der Waals surface area contributed by atoms with E-state index < -0.39 is 11.6 Å². The summed E-state index contributed by atoms with van der Waals surface area (Å²) in [5.74, 6) is -1.28. The Kier molecular flexibility index (Phi) is 3.98. The van der Waals surface area contributed by atoms with Crippen LogP contribution in [0.25, 0.3) is 11.0 Å². The number of imidazole rings is 1. The number of nitrogens with one attached hydrogen (secondary N) is 1. The number of hydrogen-bond donors (Lipinski definition) is 1. The largest absolute Gasteiger partial charge is 0.353 e. The number of benzene rings is 1. The van der Waals surface area contributed by atoms with E-state index in [0.29, 0.717) is 11.0 Å². The van der Waals surface area contributed by atoms with Crippen molar-refractivity contribution in [2.75, 3.05) is 0 Å². The molecular weight excluding hydrogens is 312 g/mol. The molecule has 2 aliphatic carbocycles. The van der Waals surface area contributed by atoms with Crippen LogP contribution < -0.4 is 5.32 Å². The minimum Gasteiger partial charge on any atom is -0.353 e. The summed E-state index contributed by atoms with van der Waals surface area (Å²) in [4.78, 5) is 16.2. The summed E-state index contributed by atoms with van der Waals surface area (Å²) >= 11 is 0. The summed E-state index contributed by atoms with van der Waals surface area (Å²) in [5.41, 5.74) is 1.12. The summed E-state index contributed by atoms with van der Waals surface area (Å²) in [7, 11) is 0. The van der Waals surface area contributed by atoms with Crippen LogP contribution >= 0.6 is 0 Å². The van der Waals surface area contributed by atoms with Gasteiger partial charge in [0.1, 0.15) is 0 Å². The second kappa shape index (κ2) is 6.15. The van der Waals surface area contributed by atoms with E-state index in [4.69, 9.17) is 0 Å². The van der Waals surface area contributed by atoms with E-state index in [1.165, 1.54) is 6.07 Å². The topological polar surface area (TPSA) is 46.9 Å². The lowest BCUT2D eigenvalue weighted by Crippen LogP contribution is -2.42. The van der Waals surface area contributed by atoms with Gasteiger partial charge in [0.15, 0.2) is 11.6 Å². The molecule has 0 atom stereocenters. The predicted octanol–water partition coefficient (Wildman–Crippen LogP) is 3.71. The van der Waals surface area contributed by atoms with Crippen LogP contribution in [0.5, 0.6) is 0 Å².